The summed E-state index contributed by atoms with van der Waals surface area (Å²) in [7, 11) is 0. The molecular weight excluding hydrogens is 284 g/mol. The van der Waals surface area contributed by atoms with Crippen molar-refractivity contribution in [3.8, 4) is 5.75 Å². The van der Waals surface area contributed by atoms with Crippen LogP contribution < -0.4 is 4.74 Å². The van der Waals surface area contributed by atoms with Gasteiger partial charge in [-0.05, 0) is 34.4 Å². The van der Waals surface area contributed by atoms with Crippen LogP contribution in [0.5, 0.6) is 5.75 Å². The Kier molecular flexibility index (Phi) is 4.42. The van der Waals surface area contributed by atoms with E-state index in [1.165, 1.54) is 5.56 Å². The van der Waals surface area contributed by atoms with Crippen LogP contribution in [0.2, 0.25) is 0 Å². The number of ether oxygens (including phenoxy) is 1. The standard InChI is InChI=1S/C21H20O2/c1-15(2)16-7-9-18(10-8-16)21(22)14-23-20-12-11-17-5-3-4-6-19(17)13-20/h3-13,15H,14H2,1-2H3. The first-order valence-corrected chi connectivity index (χ1v) is 7.88. The lowest BCUT2D eigenvalue weighted by atomic mass is 10.0. The van der Waals surface area contributed by atoms with E-state index in [1.807, 2.05) is 60.7 Å². The Hall–Kier alpha value is -2.61. The maximum Gasteiger partial charge on any atom is 0.200 e. The lowest BCUT2D eigenvalue weighted by molar-refractivity contribution is 0.0921. The van der Waals surface area contributed by atoms with Gasteiger partial charge in [-0.25, -0.2) is 0 Å². The summed E-state index contributed by atoms with van der Waals surface area (Å²) in [5, 5.41) is 2.27. The minimum absolute atomic E-state index is 0.00605. The molecule has 0 N–H and O–H groups in total. The zero-order valence-electron chi connectivity index (χ0n) is 13.5. The second kappa shape index (κ2) is 6.66. The summed E-state index contributed by atoms with van der Waals surface area (Å²) in [4.78, 5) is 12.2. The molecule has 0 saturated heterocycles. The topological polar surface area (TPSA) is 26.3 Å². The molecule has 0 amide bonds. The largest absolute Gasteiger partial charge is 0.485 e. The van der Waals surface area contributed by atoms with Crippen LogP contribution >= 0.6 is 0 Å². The van der Waals surface area contributed by atoms with Gasteiger partial charge in [0.15, 0.2) is 12.4 Å². The maximum atomic E-state index is 12.2. The highest BCUT2D eigenvalue weighted by atomic mass is 16.5. The Morgan fingerprint density at radius 3 is 2.30 bits per heavy atom. The lowest BCUT2D eigenvalue weighted by Gasteiger charge is -2.08. The van der Waals surface area contributed by atoms with Crippen molar-refractivity contribution in [2.45, 2.75) is 19.8 Å². The Morgan fingerprint density at radius 1 is 0.913 bits per heavy atom. The van der Waals surface area contributed by atoms with Crippen LogP contribution in [0.15, 0.2) is 66.7 Å². The normalized spacial score (nSPS) is 10.9. The molecule has 0 unspecified atom stereocenters. The number of Topliss-reactive ketones (excluding diaryl/α,β-unsaturated/α-hetero) is 1. The van der Waals surface area contributed by atoms with E-state index in [-0.39, 0.29) is 12.4 Å². The number of ketones is 1. The number of fused-ring (bicyclic) bond motifs is 1. The van der Waals surface area contributed by atoms with E-state index in [1.54, 1.807) is 0 Å². The van der Waals surface area contributed by atoms with Crippen molar-refractivity contribution in [3.05, 3.63) is 77.9 Å². The average molecular weight is 304 g/mol. The molecule has 0 atom stereocenters. The predicted octanol–water partition coefficient (Wildman–Crippen LogP) is 5.22. The first kappa shape index (κ1) is 15.3. The maximum absolute atomic E-state index is 12.2. The molecule has 0 aliphatic heterocycles. The van der Waals surface area contributed by atoms with Crippen molar-refractivity contribution in [1.82, 2.24) is 0 Å². The Balaban J connectivity index is 1.67. The highest BCUT2D eigenvalue weighted by Gasteiger charge is 2.08. The first-order valence-electron chi connectivity index (χ1n) is 7.88. The van der Waals surface area contributed by atoms with Gasteiger partial charge in [-0.2, -0.15) is 0 Å². The van der Waals surface area contributed by atoms with Crippen LogP contribution in [-0.2, 0) is 0 Å². The fourth-order valence-electron chi connectivity index (χ4n) is 2.54. The molecule has 0 radical (unpaired) electrons. The monoisotopic (exact) mass is 304 g/mol. The third-order valence-electron chi connectivity index (χ3n) is 3.99. The Labute approximate surface area is 136 Å². The van der Waals surface area contributed by atoms with Crippen molar-refractivity contribution in [3.63, 3.8) is 0 Å². The SMILES string of the molecule is CC(C)c1ccc(C(=O)COc2ccc3ccccc3c2)cc1. The van der Waals surface area contributed by atoms with Crippen LogP contribution in [0.1, 0.15) is 35.7 Å². The molecule has 0 fully saturated rings. The zero-order chi connectivity index (χ0) is 16.2. The smallest absolute Gasteiger partial charge is 0.200 e. The molecule has 0 aliphatic rings. The highest BCUT2D eigenvalue weighted by molar-refractivity contribution is 5.97. The minimum atomic E-state index is -0.00605. The van der Waals surface area contributed by atoms with E-state index < -0.39 is 0 Å². The summed E-state index contributed by atoms with van der Waals surface area (Å²) in [6.45, 7) is 4.33. The summed E-state index contributed by atoms with van der Waals surface area (Å²) in [5.41, 5.74) is 1.92. The third-order valence-corrected chi connectivity index (χ3v) is 3.99. The van der Waals surface area contributed by atoms with Gasteiger partial charge < -0.3 is 4.74 Å². The quantitative estimate of drug-likeness (QED) is 0.604. The molecule has 0 bridgehead atoms. The molecule has 3 aromatic carbocycles. The average Bonchev–Trinajstić information content (AvgIpc) is 2.59. The number of benzene rings is 3. The van der Waals surface area contributed by atoms with Crippen molar-refractivity contribution < 1.29 is 9.53 Å². The van der Waals surface area contributed by atoms with E-state index in [2.05, 4.69) is 19.9 Å². The molecule has 116 valence electrons. The van der Waals surface area contributed by atoms with E-state index in [0.717, 1.165) is 16.5 Å². The van der Waals surface area contributed by atoms with Crippen molar-refractivity contribution in [1.29, 1.82) is 0 Å². The van der Waals surface area contributed by atoms with Crippen molar-refractivity contribution in [2.75, 3.05) is 6.61 Å². The number of carbonyl (C=O) groups excluding carboxylic acids is 1. The second-order valence-corrected chi connectivity index (χ2v) is 6.00. The van der Waals surface area contributed by atoms with Crippen LogP contribution in [0.25, 0.3) is 10.8 Å². The van der Waals surface area contributed by atoms with Gasteiger partial charge in [0.25, 0.3) is 0 Å². The van der Waals surface area contributed by atoms with Gasteiger partial charge in [-0.1, -0.05) is 68.4 Å². The molecule has 0 aliphatic carbocycles. The fraction of sp³-hybridized carbons (Fsp3) is 0.190. The number of hydrogen-bond donors (Lipinski definition) is 0. The van der Waals surface area contributed by atoms with Gasteiger partial charge in [0.1, 0.15) is 5.75 Å². The number of hydrogen-bond acceptors (Lipinski definition) is 2. The third kappa shape index (κ3) is 3.59. The van der Waals surface area contributed by atoms with Gasteiger partial charge in [0.05, 0.1) is 0 Å². The summed E-state index contributed by atoms with van der Waals surface area (Å²) >= 11 is 0. The van der Waals surface area contributed by atoms with E-state index in [9.17, 15) is 4.79 Å². The number of carbonyl (C=O) groups is 1. The van der Waals surface area contributed by atoms with Gasteiger partial charge in [0.2, 0.25) is 0 Å². The minimum Gasteiger partial charge on any atom is -0.485 e. The molecule has 3 rings (SSSR count). The van der Waals surface area contributed by atoms with Gasteiger partial charge in [-0.15, -0.1) is 0 Å². The molecule has 0 heterocycles. The fourth-order valence-corrected chi connectivity index (χ4v) is 2.54. The molecule has 23 heavy (non-hydrogen) atoms. The predicted molar refractivity (Wildman–Crippen MR) is 94.3 cm³/mol. The molecule has 0 aromatic heterocycles. The Morgan fingerprint density at radius 2 is 1.61 bits per heavy atom. The summed E-state index contributed by atoms with van der Waals surface area (Å²) in [6, 6.07) is 21.7. The molecule has 2 heteroatoms. The summed E-state index contributed by atoms with van der Waals surface area (Å²) in [5.74, 6) is 1.18. The Bertz CT molecular complexity index is 817. The zero-order valence-corrected chi connectivity index (χ0v) is 13.5. The second-order valence-electron chi connectivity index (χ2n) is 6.00. The van der Waals surface area contributed by atoms with Crippen LogP contribution in [0.3, 0.4) is 0 Å². The highest BCUT2D eigenvalue weighted by Crippen LogP contribution is 2.21. The number of rotatable bonds is 5. The first-order chi connectivity index (χ1) is 11.1. The van der Waals surface area contributed by atoms with Gasteiger partial charge >= 0.3 is 0 Å². The summed E-state index contributed by atoms with van der Waals surface area (Å²) < 4.78 is 5.66. The summed E-state index contributed by atoms with van der Waals surface area (Å²) in [6.07, 6.45) is 0. The molecule has 0 spiro atoms. The molecule has 2 nitrogen and oxygen atoms in total. The van der Waals surface area contributed by atoms with Crippen LogP contribution in [0.4, 0.5) is 0 Å². The van der Waals surface area contributed by atoms with E-state index in [4.69, 9.17) is 4.74 Å². The molecule has 3 aromatic rings. The molecular formula is C21H20O2. The van der Waals surface area contributed by atoms with Crippen LogP contribution in [-0.4, -0.2) is 12.4 Å². The van der Waals surface area contributed by atoms with E-state index in [0.29, 0.717) is 11.5 Å². The lowest BCUT2D eigenvalue weighted by Crippen LogP contribution is -2.11. The van der Waals surface area contributed by atoms with Crippen molar-refractivity contribution >= 4 is 16.6 Å². The van der Waals surface area contributed by atoms with Gasteiger partial charge in [0, 0.05) is 5.56 Å². The van der Waals surface area contributed by atoms with Gasteiger partial charge in [-0.3, -0.25) is 4.79 Å². The van der Waals surface area contributed by atoms with Crippen LogP contribution in [0, 0.1) is 0 Å². The van der Waals surface area contributed by atoms with E-state index >= 15 is 0 Å². The van der Waals surface area contributed by atoms with Crippen molar-refractivity contribution in [2.24, 2.45) is 0 Å². The molecule has 0 saturated carbocycles.